The van der Waals surface area contributed by atoms with Gasteiger partial charge in [-0.1, -0.05) is 0 Å². The van der Waals surface area contributed by atoms with Gasteiger partial charge in [0.25, 0.3) is 0 Å². The Morgan fingerprint density at radius 2 is 2.38 bits per heavy atom. The Labute approximate surface area is 49.3 Å². The van der Waals surface area contributed by atoms with E-state index >= 15 is 0 Å². The van der Waals surface area contributed by atoms with Gasteiger partial charge in [0.05, 0.1) is 0 Å². The maximum Gasteiger partial charge on any atom is 0.216 e. The molecule has 0 aromatic carbocycles. The Bertz CT molecular complexity index is 72.8. The van der Waals surface area contributed by atoms with Gasteiger partial charge in [-0.3, -0.25) is 4.79 Å². The topological polar surface area (TPSA) is 51.4 Å². The zero-order valence-electron chi connectivity index (χ0n) is 4.98. The Balaban J connectivity index is 2.82. The van der Waals surface area contributed by atoms with Gasteiger partial charge in [0.2, 0.25) is 5.91 Å². The van der Waals surface area contributed by atoms with Crippen molar-refractivity contribution >= 4 is 5.91 Å². The van der Waals surface area contributed by atoms with Gasteiger partial charge in [-0.05, 0) is 6.42 Å². The number of carbonyl (C=O) groups is 1. The monoisotopic (exact) mass is 114 g/mol. The molecule has 0 aliphatic heterocycles. The van der Waals surface area contributed by atoms with Gasteiger partial charge in [-0.15, -0.1) is 5.73 Å². The van der Waals surface area contributed by atoms with Crippen molar-refractivity contribution in [3.63, 3.8) is 0 Å². The number of carbonyl (C=O) groups excluding carboxylic acids is 1. The highest BCUT2D eigenvalue weighted by molar-refractivity contribution is 5.72. The molecule has 0 aromatic heterocycles. The zero-order chi connectivity index (χ0) is 6.41. The lowest BCUT2D eigenvalue weighted by Gasteiger charge is -1.95. The third-order valence-corrected chi connectivity index (χ3v) is 0.709. The van der Waals surface area contributed by atoms with Crippen molar-refractivity contribution in [3.8, 4) is 0 Å². The lowest BCUT2D eigenvalue weighted by molar-refractivity contribution is -0.118. The molecule has 0 heterocycles. The minimum atomic E-state index is -0.0431. The SMILES string of the molecule is CC(=O)NCCC[N]. The number of hydrogen-bond acceptors (Lipinski definition) is 1. The zero-order valence-corrected chi connectivity index (χ0v) is 4.98. The number of nitrogens with zero attached hydrogens (tertiary/aromatic N) is 1. The van der Waals surface area contributed by atoms with Crippen LogP contribution >= 0.6 is 0 Å². The minimum absolute atomic E-state index is 0.0431. The molecule has 0 bridgehead atoms. The molecule has 3 nitrogen and oxygen atoms in total. The molecule has 0 unspecified atom stereocenters. The lowest BCUT2D eigenvalue weighted by atomic mass is 10.4. The fourth-order valence-electron chi connectivity index (χ4n) is 0.343. The first-order valence-corrected chi connectivity index (χ1v) is 2.62. The number of hydrogen-bond donors (Lipinski definition) is 1. The predicted octanol–water partition coefficient (Wildman–Crippen LogP) is -0.419. The third-order valence-electron chi connectivity index (χ3n) is 0.709. The highest BCUT2D eigenvalue weighted by Gasteiger charge is 1.86. The van der Waals surface area contributed by atoms with Crippen LogP contribution in [0.25, 0.3) is 0 Å². The van der Waals surface area contributed by atoms with Crippen molar-refractivity contribution in [2.75, 3.05) is 13.1 Å². The van der Waals surface area contributed by atoms with Gasteiger partial charge >= 0.3 is 0 Å². The molecular formula is C5H10N2O. The molecule has 3 heteroatoms. The van der Waals surface area contributed by atoms with Crippen molar-refractivity contribution in [2.24, 2.45) is 0 Å². The summed E-state index contributed by atoms with van der Waals surface area (Å²) in [7, 11) is 0. The van der Waals surface area contributed by atoms with E-state index in [-0.39, 0.29) is 12.5 Å². The van der Waals surface area contributed by atoms with E-state index in [9.17, 15) is 4.79 Å². The second-order valence-corrected chi connectivity index (χ2v) is 1.56. The van der Waals surface area contributed by atoms with Crippen LogP contribution in [0.15, 0.2) is 0 Å². The molecular weight excluding hydrogens is 104 g/mol. The van der Waals surface area contributed by atoms with E-state index in [0.29, 0.717) is 13.0 Å². The summed E-state index contributed by atoms with van der Waals surface area (Å²) in [4.78, 5) is 10.1. The van der Waals surface area contributed by atoms with Gasteiger partial charge in [-0.2, -0.15) is 0 Å². The van der Waals surface area contributed by atoms with Crippen molar-refractivity contribution in [2.45, 2.75) is 13.3 Å². The standard InChI is InChI=1S/C5H10N2O/c1-5(8)7-4-2-3-6/h2-4H2,1H3,(H,7,8). The molecule has 0 aromatic rings. The molecule has 0 rings (SSSR count). The highest BCUT2D eigenvalue weighted by Crippen LogP contribution is 1.69. The van der Waals surface area contributed by atoms with Crippen LogP contribution in [0.5, 0.6) is 0 Å². The van der Waals surface area contributed by atoms with E-state index in [2.05, 4.69) is 5.32 Å². The van der Waals surface area contributed by atoms with E-state index in [1.807, 2.05) is 0 Å². The van der Waals surface area contributed by atoms with Gasteiger partial charge in [0.1, 0.15) is 0 Å². The van der Waals surface area contributed by atoms with Crippen LogP contribution in [0.3, 0.4) is 0 Å². The number of amides is 1. The third kappa shape index (κ3) is 5.43. The molecule has 0 spiro atoms. The molecule has 0 atom stereocenters. The van der Waals surface area contributed by atoms with Crippen molar-refractivity contribution < 1.29 is 4.79 Å². The number of nitrogens with one attached hydrogen (secondary N) is 1. The minimum Gasteiger partial charge on any atom is -0.356 e. The van der Waals surface area contributed by atoms with Crippen molar-refractivity contribution in [1.82, 2.24) is 11.1 Å². The van der Waals surface area contributed by atoms with E-state index in [0.717, 1.165) is 0 Å². The summed E-state index contributed by atoms with van der Waals surface area (Å²) in [6, 6.07) is 0. The van der Waals surface area contributed by atoms with Crippen LogP contribution in [0.1, 0.15) is 13.3 Å². The summed E-state index contributed by atoms with van der Waals surface area (Å²) in [5.74, 6) is -0.0431. The molecule has 0 fully saturated rings. The van der Waals surface area contributed by atoms with Crippen LogP contribution in [-0.4, -0.2) is 19.0 Å². The Morgan fingerprint density at radius 1 is 1.75 bits per heavy atom. The fraction of sp³-hybridized carbons (Fsp3) is 0.800. The van der Waals surface area contributed by atoms with Crippen LogP contribution in [0.4, 0.5) is 0 Å². The van der Waals surface area contributed by atoms with E-state index in [4.69, 9.17) is 5.73 Å². The summed E-state index contributed by atoms with van der Waals surface area (Å²) < 4.78 is 0. The molecule has 0 saturated carbocycles. The maximum atomic E-state index is 10.1. The van der Waals surface area contributed by atoms with Gasteiger partial charge in [-0.25, -0.2) is 0 Å². The van der Waals surface area contributed by atoms with Gasteiger partial charge in [0.15, 0.2) is 0 Å². The summed E-state index contributed by atoms with van der Waals surface area (Å²) in [6.45, 7) is 2.17. The first-order chi connectivity index (χ1) is 3.77. The number of rotatable bonds is 3. The lowest BCUT2D eigenvalue weighted by Crippen LogP contribution is -2.21. The molecule has 8 heavy (non-hydrogen) atoms. The van der Waals surface area contributed by atoms with Crippen molar-refractivity contribution in [1.29, 1.82) is 0 Å². The summed E-state index contributed by atoms with van der Waals surface area (Å²) in [6.07, 6.45) is 0.638. The second-order valence-electron chi connectivity index (χ2n) is 1.56. The van der Waals surface area contributed by atoms with Crippen LogP contribution in [0, 0.1) is 0 Å². The molecule has 0 aliphatic carbocycles. The van der Waals surface area contributed by atoms with E-state index in [1.165, 1.54) is 6.92 Å². The highest BCUT2D eigenvalue weighted by atomic mass is 16.1. The fourth-order valence-corrected chi connectivity index (χ4v) is 0.343. The molecule has 0 aliphatic rings. The smallest absolute Gasteiger partial charge is 0.216 e. The van der Waals surface area contributed by atoms with E-state index in [1.54, 1.807) is 0 Å². The Hall–Kier alpha value is -0.570. The molecule has 1 N–H and O–H groups in total. The largest absolute Gasteiger partial charge is 0.356 e. The van der Waals surface area contributed by atoms with Crippen molar-refractivity contribution in [3.05, 3.63) is 0 Å². The van der Waals surface area contributed by atoms with Gasteiger partial charge < -0.3 is 5.32 Å². The molecule has 46 valence electrons. The first kappa shape index (κ1) is 7.43. The summed E-state index contributed by atoms with van der Waals surface area (Å²) >= 11 is 0. The van der Waals surface area contributed by atoms with Crippen LogP contribution in [-0.2, 0) is 4.79 Å². The Kier molecular flexibility index (Phi) is 4.26. The molecule has 2 radical (unpaired) electrons. The summed E-state index contributed by atoms with van der Waals surface area (Å²) in [5.41, 5.74) is 8.23. The summed E-state index contributed by atoms with van der Waals surface area (Å²) in [5, 5.41) is 2.55. The average molecular weight is 114 g/mol. The predicted molar refractivity (Wildman–Crippen MR) is 30.3 cm³/mol. The Morgan fingerprint density at radius 3 is 2.75 bits per heavy atom. The maximum absolute atomic E-state index is 10.1. The average Bonchev–Trinajstić information content (AvgIpc) is 1.66. The quantitative estimate of drug-likeness (QED) is 0.498. The van der Waals surface area contributed by atoms with E-state index < -0.39 is 0 Å². The molecule has 1 amide bonds. The second kappa shape index (κ2) is 4.59. The van der Waals surface area contributed by atoms with Crippen LogP contribution in [0.2, 0.25) is 0 Å². The van der Waals surface area contributed by atoms with Crippen LogP contribution < -0.4 is 11.1 Å². The van der Waals surface area contributed by atoms with Gasteiger partial charge in [0, 0.05) is 20.0 Å². The first-order valence-electron chi connectivity index (χ1n) is 2.62. The molecule has 0 saturated heterocycles. The normalized spacial score (nSPS) is 8.75.